The summed E-state index contributed by atoms with van der Waals surface area (Å²) in [6.45, 7) is 17.6. The van der Waals surface area contributed by atoms with Crippen molar-refractivity contribution in [2.24, 2.45) is 10.8 Å². The second kappa shape index (κ2) is 9.59. The number of pyridine rings is 1. The maximum Gasteiger partial charge on any atom is 0.169 e. The zero-order chi connectivity index (χ0) is 18.2. The molecule has 1 heterocycles. The highest BCUT2D eigenvalue weighted by molar-refractivity contribution is 5.17. The molecule has 0 saturated carbocycles. The van der Waals surface area contributed by atoms with E-state index in [1.165, 1.54) is 50.5 Å². The molecule has 0 amide bonds. The van der Waals surface area contributed by atoms with Crippen molar-refractivity contribution in [1.82, 2.24) is 0 Å². The Kier molecular flexibility index (Phi) is 8.46. The van der Waals surface area contributed by atoms with Crippen LogP contribution in [0, 0.1) is 10.8 Å². The molecule has 1 unspecified atom stereocenters. The van der Waals surface area contributed by atoms with Crippen LogP contribution < -0.4 is 4.57 Å². The van der Waals surface area contributed by atoms with Crippen molar-refractivity contribution in [1.29, 1.82) is 0 Å². The minimum atomic E-state index is 0.304. The lowest BCUT2D eigenvalue weighted by Gasteiger charge is -2.35. The third-order valence-electron chi connectivity index (χ3n) is 4.95. The highest BCUT2D eigenvalue weighted by Gasteiger charge is 2.30. The molecule has 1 aromatic rings. The van der Waals surface area contributed by atoms with Gasteiger partial charge in [0, 0.05) is 18.6 Å². The van der Waals surface area contributed by atoms with E-state index in [0.717, 1.165) is 6.54 Å². The molecule has 1 aromatic heterocycles. The molecular formula is C23H42N+. The van der Waals surface area contributed by atoms with Crippen LogP contribution in [0.25, 0.3) is 0 Å². The first kappa shape index (κ1) is 21.2. The summed E-state index contributed by atoms with van der Waals surface area (Å²) in [5, 5.41) is 0. The van der Waals surface area contributed by atoms with Crippen LogP contribution >= 0.6 is 0 Å². The van der Waals surface area contributed by atoms with Gasteiger partial charge >= 0.3 is 0 Å². The van der Waals surface area contributed by atoms with Crippen molar-refractivity contribution < 1.29 is 4.57 Å². The number of rotatable bonds is 9. The van der Waals surface area contributed by atoms with Gasteiger partial charge in [0.25, 0.3) is 0 Å². The van der Waals surface area contributed by atoms with Gasteiger partial charge in [-0.15, -0.1) is 0 Å². The fourth-order valence-electron chi connectivity index (χ4n) is 3.46. The minimum absolute atomic E-state index is 0.304. The Bertz CT molecular complexity index is 444. The SMILES string of the molecule is CCCCCCCC[n+]1ccc(C(CC(C)(C)C)C(C)(C)C)cc1. The molecule has 0 aromatic carbocycles. The second-order valence-electron chi connectivity index (χ2n) is 9.82. The van der Waals surface area contributed by atoms with Crippen molar-refractivity contribution in [2.75, 3.05) is 0 Å². The largest absolute Gasteiger partial charge is 0.205 e. The number of hydrogen-bond acceptors (Lipinski definition) is 0. The monoisotopic (exact) mass is 332 g/mol. The molecule has 1 atom stereocenters. The molecular weight excluding hydrogens is 290 g/mol. The first-order valence-electron chi connectivity index (χ1n) is 10.1. The summed E-state index contributed by atoms with van der Waals surface area (Å²) in [7, 11) is 0. The highest BCUT2D eigenvalue weighted by Crippen LogP contribution is 2.42. The standard InChI is InChI=1S/C23H42N/c1-8-9-10-11-12-13-16-24-17-14-20(15-18-24)21(23(5,6)7)19-22(2,3)4/h14-15,17-18,21H,8-13,16,19H2,1-7H3/q+1. The predicted octanol–water partition coefficient (Wildman–Crippen LogP) is 6.90. The van der Waals surface area contributed by atoms with Crippen molar-refractivity contribution in [2.45, 2.75) is 106 Å². The zero-order valence-corrected chi connectivity index (χ0v) is 17.5. The Hall–Kier alpha value is -0.850. The van der Waals surface area contributed by atoms with Gasteiger partial charge in [0.2, 0.25) is 0 Å². The van der Waals surface area contributed by atoms with Gasteiger partial charge in [-0.1, -0.05) is 74.1 Å². The summed E-state index contributed by atoms with van der Waals surface area (Å²) in [4.78, 5) is 0. The maximum atomic E-state index is 2.38. The van der Waals surface area contributed by atoms with Gasteiger partial charge in [-0.25, -0.2) is 4.57 Å². The van der Waals surface area contributed by atoms with Crippen LogP contribution in [-0.2, 0) is 6.54 Å². The molecule has 138 valence electrons. The molecule has 0 radical (unpaired) electrons. The molecule has 1 nitrogen and oxygen atoms in total. The third kappa shape index (κ3) is 8.31. The van der Waals surface area contributed by atoms with Crippen LogP contribution in [-0.4, -0.2) is 0 Å². The van der Waals surface area contributed by atoms with Crippen LogP contribution in [0.2, 0.25) is 0 Å². The average Bonchev–Trinajstić information content (AvgIpc) is 2.47. The number of nitrogens with zero attached hydrogens (tertiary/aromatic N) is 1. The molecule has 0 aliphatic carbocycles. The first-order valence-corrected chi connectivity index (χ1v) is 10.1. The smallest absolute Gasteiger partial charge is 0.169 e. The normalized spacial score (nSPS) is 14.0. The summed E-state index contributed by atoms with van der Waals surface area (Å²) < 4.78 is 2.36. The van der Waals surface area contributed by atoms with Gasteiger partial charge in [0.1, 0.15) is 6.54 Å². The van der Waals surface area contributed by atoms with Crippen LogP contribution in [0.5, 0.6) is 0 Å². The van der Waals surface area contributed by atoms with Gasteiger partial charge in [0.15, 0.2) is 12.4 Å². The van der Waals surface area contributed by atoms with Crippen LogP contribution in [0.1, 0.15) is 105 Å². The summed E-state index contributed by atoms with van der Waals surface area (Å²) >= 11 is 0. The molecule has 0 aliphatic heterocycles. The molecule has 1 rings (SSSR count). The van der Waals surface area contributed by atoms with Crippen molar-refractivity contribution >= 4 is 0 Å². The molecule has 0 saturated heterocycles. The molecule has 0 fully saturated rings. The van der Waals surface area contributed by atoms with Gasteiger partial charge in [0.05, 0.1) is 0 Å². The maximum absolute atomic E-state index is 2.38. The third-order valence-corrected chi connectivity index (χ3v) is 4.95. The molecule has 0 aliphatic rings. The molecule has 0 N–H and O–H groups in total. The quantitative estimate of drug-likeness (QED) is 0.342. The minimum Gasteiger partial charge on any atom is -0.205 e. The van der Waals surface area contributed by atoms with E-state index in [1.807, 2.05) is 0 Å². The number of aryl methyl sites for hydroxylation is 1. The van der Waals surface area contributed by atoms with E-state index in [9.17, 15) is 0 Å². The molecule has 1 heteroatoms. The molecule has 0 bridgehead atoms. The average molecular weight is 333 g/mol. The van der Waals surface area contributed by atoms with Crippen LogP contribution in [0.3, 0.4) is 0 Å². The fourth-order valence-corrected chi connectivity index (χ4v) is 3.46. The Balaban J connectivity index is 2.60. The number of aromatic nitrogens is 1. The lowest BCUT2D eigenvalue weighted by atomic mass is 9.69. The lowest BCUT2D eigenvalue weighted by molar-refractivity contribution is -0.697. The van der Waals surface area contributed by atoms with Gasteiger partial charge in [-0.2, -0.15) is 0 Å². The first-order chi connectivity index (χ1) is 11.1. The number of hydrogen-bond donors (Lipinski definition) is 0. The summed E-state index contributed by atoms with van der Waals surface area (Å²) in [5.74, 6) is 0.612. The molecule has 0 spiro atoms. The Morgan fingerprint density at radius 2 is 1.38 bits per heavy atom. The summed E-state index contributed by atoms with van der Waals surface area (Å²) in [6, 6.07) is 4.72. The van der Waals surface area contributed by atoms with Crippen LogP contribution in [0.4, 0.5) is 0 Å². The Morgan fingerprint density at radius 3 is 1.88 bits per heavy atom. The lowest BCUT2D eigenvalue weighted by Crippen LogP contribution is -2.33. The second-order valence-corrected chi connectivity index (χ2v) is 9.82. The van der Waals surface area contributed by atoms with Crippen LogP contribution in [0.15, 0.2) is 24.5 Å². The summed E-state index contributed by atoms with van der Waals surface area (Å²) in [5.41, 5.74) is 2.16. The van der Waals surface area contributed by atoms with Crippen molar-refractivity contribution in [3.05, 3.63) is 30.1 Å². The van der Waals surface area contributed by atoms with E-state index in [-0.39, 0.29) is 0 Å². The van der Waals surface area contributed by atoms with E-state index in [4.69, 9.17) is 0 Å². The Labute approximate surface area is 151 Å². The molecule has 24 heavy (non-hydrogen) atoms. The van der Waals surface area contributed by atoms with E-state index in [1.54, 1.807) is 0 Å². The van der Waals surface area contributed by atoms with Crippen molar-refractivity contribution in [3.8, 4) is 0 Å². The highest BCUT2D eigenvalue weighted by atomic mass is 14.9. The fraction of sp³-hybridized carbons (Fsp3) is 0.783. The topological polar surface area (TPSA) is 3.88 Å². The van der Waals surface area contributed by atoms with Gasteiger partial charge in [-0.05, 0) is 35.2 Å². The van der Waals surface area contributed by atoms with Gasteiger partial charge in [-0.3, -0.25) is 0 Å². The van der Waals surface area contributed by atoms with Crippen molar-refractivity contribution in [3.63, 3.8) is 0 Å². The predicted molar refractivity (Wildman–Crippen MR) is 106 cm³/mol. The van der Waals surface area contributed by atoms with E-state index < -0.39 is 0 Å². The Morgan fingerprint density at radius 1 is 0.833 bits per heavy atom. The zero-order valence-electron chi connectivity index (χ0n) is 17.5. The van der Waals surface area contributed by atoms with Gasteiger partial charge < -0.3 is 0 Å². The number of unbranched alkanes of at least 4 members (excludes halogenated alkanes) is 5. The van der Waals surface area contributed by atoms with E-state index in [0.29, 0.717) is 16.7 Å². The van der Waals surface area contributed by atoms with E-state index >= 15 is 0 Å². The summed E-state index contributed by atoms with van der Waals surface area (Å²) in [6.07, 6.45) is 14.0. The van der Waals surface area contributed by atoms with E-state index in [2.05, 4.69) is 77.6 Å².